The lowest BCUT2D eigenvalue weighted by Gasteiger charge is -2.22. The van der Waals surface area contributed by atoms with Gasteiger partial charge in [0.05, 0.1) is 11.6 Å². The fourth-order valence-electron chi connectivity index (χ4n) is 2.30. The molecule has 2 N–H and O–H groups in total. The molecule has 1 atom stereocenters. The van der Waals surface area contributed by atoms with E-state index < -0.39 is 10.0 Å². The molecule has 1 rings (SSSR count). The number of benzene rings is 1. The van der Waals surface area contributed by atoms with Crippen LogP contribution in [-0.4, -0.2) is 19.6 Å². The van der Waals surface area contributed by atoms with Gasteiger partial charge in [-0.05, 0) is 30.5 Å². The van der Waals surface area contributed by atoms with Crippen molar-refractivity contribution < 1.29 is 13.5 Å². The number of hydrogen-bond acceptors (Lipinski definition) is 3. The van der Waals surface area contributed by atoms with Gasteiger partial charge in [-0.15, -0.1) is 0 Å². The number of halogens is 2. The number of hydrogen-bond donors (Lipinski definition) is 2. The van der Waals surface area contributed by atoms with E-state index in [2.05, 4.69) is 4.72 Å². The van der Waals surface area contributed by atoms with Gasteiger partial charge in [-0.2, -0.15) is 0 Å². The summed E-state index contributed by atoms with van der Waals surface area (Å²) in [5.41, 5.74) is 0.330. The average Bonchev–Trinajstić information content (AvgIpc) is 2.39. The third-order valence-electron chi connectivity index (χ3n) is 3.66. The fraction of sp³-hybridized carbons (Fsp3) is 0.571. The van der Waals surface area contributed by atoms with Crippen LogP contribution >= 0.6 is 23.2 Å². The van der Waals surface area contributed by atoms with E-state index in [0.29, 0.717) is 5.56 Å². The highest BCUT2D eigenvalue weighted by Gasteiger charge is 2.24. The number of nitrogens with one attached hydrogen (secondary N) is 1. The highest BCUT2D eigenvalue weighted by Crippen LogP contribution is 2.29. The van der Waals surface area contributed by atoms with E-state index in [9.17, 15) is 13.5 Å². The van der Waals surface area contributed by atoms with Gasteiger partial charge in [0.1, 0.15) is 4.90 Å². The SMILES string of the molecule is CCC(CC)C(C)NS(=O)(=O)c1cc(CO)c(Cl)cc1Cl. The molecule has 0 bridgehead atoms. The van der Waals surface area contributed by atoms with Crippen LogP contribution in [0.5, 0.6) is 0 Å². The van der Waals surface area contributed by atoms with Gasteiger partial charge in [0.25, 0.3) is 0 Å². The van der Waals surface area contributed by atoms with Gasteiger partial charge in [-0.25, -0.2) is 13.1 Å². The maximum atomic E-state index is 12.5. The molecule has 0 aromatic heterocycles. The summed E-state index contributed by atoms with van der Waals surface area (Å²) in [6.07, 6.45) is 1.77. The van der Waals surface area contributed by atoms with Crippen LogP contribution in [0.15, 0.2) is 17.0 Å². The van der Waals surface area contributed by atoms with Gasteiger partial charge < -0.3 is 5.11 Å². The summed E-state index contributed by atoms with van der Waals surface area (Å²) < 4.78 is 27.6. The summed E-state index contributed by atoms with van der Waals surface area (Å²) >= 11 is 11.9. The summed E-state index contributed by atoms with van der Waals surface area (Å²) in [6.45, 7) is 5.54. The lowest BCUT2D eigenvalue weighted by molar-refractivity contribution is 0.281. The molecule has 21 heavy (non-hydrogen) atoms. The predicted molar refractivity (Wildman–Crippen MR) is 86.2 cm³/mol. The Morgan fingerprint density at radius 2 is 1.76 bits per heavy atom. The van der Waals surface area contributed by atoms with Gasteiger partial charge in [0.15, 0.2) is 0 Å². The van der Waals surface area contributed by atoms with Crippen molar-refractivity contribution in [2.24, 2.45) is 5.92 Å². The van der Waals surface area contributed by atoms with Crippen LogP contribution in [0.25, 0.3) is 0 Å². The van der Waals surface area contributed by atoms with E-state index >= 15 is 0 Å². The molecular formula is C14H21Cl2NO3S. The Labute approximate surface area is 136 Å². The van der Waals surface area contributed by atoms with Crippen LogP contribution in [0.4, 0.5) is 0 Å². The fourth-order valence-corrected chi connectivity index (χ4v) is 4.47. The van der Waals surface area contributed by atoms with Crippen LogP contribution < -0.4 is 4.72 Å². The van der Waals surface area contributed by atoms with Crippen LogP contribution in [0.2, 0.25) is 10.0 Å². The first-order valence-electron chi connectivity index (χ1n) is 6.87. The number of aliphatic hydroxyl groups is 1. The third-order valence-corrected chi connectivity index (χ3v) is 6.03. The summed E-state index contributed by atoms with van der Waals surface area (Å²) in [6, 6.07) is 2.45. The predicted octanol–water partition coefficient (Wildman–Crippen LogP) is 3.59. The molecule has 0 spiro atoms. The largest absolute Gasteiger partial charge is 0.392 e. The highest BCUT2D eigenvalue weighted by molar-refractivity contribution is 7.89. The Kier molecular flexibility index (Phi) is 6.94. The first-order chi connectivity index (χ1) is 9.76. The maximum absolute atomic E-state index is 12.5. The second-order valence-electron chi connectivity index (χ2n) is 5.02. The summed E-state index contributed by atoms with van der Waals surface area (Å²) in [4.78, 5) is -0.0598. The normalized spacial score (nSPS) is 13.7. The molecule has 1 aromatic carbocycles. The lowest BCUT2D eigenvalue weighted by Crippen LogP contribution is -2.37. The minimum absolute atomic E-state index is 0.0430. The molecule has 0 fully saturated rings. The highest BCUT2D eigenvalue weighted by atomic mass is 35.5. The lowest BCUT2D eigenvalue weighted by atomic mass is 9.96. The van der Waals surface area contributed by atoms with Crippen LogP contribution in [0, 0.1) is 5.92 Å². The van der Waals surface area contributed by atoms with E-state index in [1.165, 1.54) is 12.1 Å². The number of aliphatic hydroxyl groups excluding tert-OH is 1. The number of rotatable bonds is 7. The van der Waals surface area contributed by atoms with Crippen LogP contribution in [0.3, 0.4) is 0 Å². The maximum Gasteiger partial charge on any atom is 0.242 e. The first-order valence-corrected chi connectivity index (χ1v) is 9.11. The third kappa shape index (κ3) is 4.57. The molecule has 120 valence electrons. The Balaban J connectivity index is 3.14. The van der Waals surface area contributed by atoms with Gasteiger partial charge in [-0.3, -0.25) is 0 Å². The molecule has 1 aromatic rings. The average molecular weight is 354 g/mol. The summed E-state index contributed by atoms with van der Waals surface area (Å²) in [7, 11) is -3.76. The van der Waals surface area contributed by atoms with E-state index in [4.69, 9.17) is 23.2 Å². The van der Waals surface area contributed by atoms with Crippen molar-refractivity contribution in [3.63, 3.8) is 0 Å². The zero-order valence-corrected chi connectivity index (χ0v) is 14.7. The molecule has 0 radical (unpaired) electrons. The van der Waals surface area contributed by atoms with Crippen molar-refractivity contribution in [1.29, 1.82) is 0 Å². The zero-order chi connectivity index (χ0) is 16.2. The molecular weight excluding hydrogens is 333 g/mol. The van der Waals surface area contributed by atoms with Crippen molar-refractivity contribution in [2.75, 3.05) is 0 Å². The molecule has 4 nitrogen and oxygen atoms in total. The van der Waals surface area contributed by atoms with E-state index in [1.807, 2.05) is 20.8 Å². The van der Waals surface area contributed by atoms with Crippen LogP contribution in [-0.2, 0) is 16.6 Å². The molecule has 0 aliphatic rings. The number of sulfonamides is 1. The molecule has 0 amide bonds. The Morgan fingerprint density at radius 3 is 2.24 bits per heavy atom. The smallest absolute Gasteiger partial charge is 0.242 e. The molecule has 0 heterocycles. The van der Waals surface area contributed by atoms with E-state index in [1.54, 1.807) is 0 Å². The second kappa shape index (κ2) is 7.79. The van der Waals surface area contributed by atoms with Gasteiger partial charge in [-0.1, -0.05) is 49.9 Å². The monoisotopic (exact) mass is 353 g/mol. The van der Waals surface area contributed by atoms with E-state index in [0.717, 1.165) is 12.8 Å². The zero-order valence-electron chi connectivity index (χ0n) is 12.4. The Morgan fingerprint density at radius 1 is 1.19 bits per heavy atom. The molecule has 7 heteroatoms. The van der Waals surface area contributed by atoms with Crippen molar-refractivity contribution in [1.82, 2.24) is 4.72 Å². The minimum Gasteiger partial charge on any atom is -0.392 e. The van der Waals surface area contributed by atoms with E-state index in [-0.39, 0.29) is 33.5 Å². The summed E-state index contributed by atoms with van der Waals surface area (Å²) in [5.74, 6) is 0.253. The molecule has 0 aliphatic carbocycles. The van der Waals surface area contributed by atoms with Gasteiger partial charge >= 0.3 is 0 Å². The second-order valence-corrected chi connectivity index (χ2v) is 7.52. The van der Waals surface area contributed by atoms with Crippen molar-refractivity contribution in [3.8, 4) is 0 Å². The van der Waals surface area contributed by atoms with Crippen molar-refractivity contribution in [2.45, 2.75) is 51.2 Å². The molecule has 0 aliphatic heterocycles. The van der Waals surface area contributed by atoms with Crippen molar-refractivity contribution >= 4 is 33.2 Å². The van der Waals surface area contributed by atoms with Gasteiger partial charge in [0, 0.05) is 11.1 Å². The first kappa shape index (κ1) is 18.7. The Bertz CT molecular complexity index is 586. The van der Waals surface area contributed by atoms with Gasteiger partial charge in [0.2, 0.25) is 10.0 Å². The quantitative estimate of drug-likeness (QED) is 0.786. The molecule has 1 unspecified atom stereocenters. The molecule has 0 saturated carbocycles. The topological polar surface area (TPSA) is 66.4 Å². The standard InChI is InChI=1S/C14H21Cl2NO3S/c1-4-10(5-2)9(3)17-21(19,20)14-6-11(8-18)12(15)7-13(14)16/h6-7,9-10,17-18H,4-5,8H2,1-3H3. The molecule has 0 saturated heterocycles. The summed E-state index contributed by atoms with van der Waals surface area (Å²) in [5, 5.41) is 9.49. The minimum atomic E-state index is -3.76. The Hall–Kier alpha value is -0.330. The van der Waals surface area contributed by atoms with Crippen LogP contribution in [0.1, 0.15) is 39.2 Å². The van der Waals surface area contributed by atoms with Crippen molar-refractivity contribution in [3.05, 3.63) is 27.7 Å².